The fourth-order valence-electron chi connectivity index (χ4n) is 2.01. The fraction of sp³-hybridized carbons (Fsp3) is 0.143. The number of fused-ring (bicyclic) bond motifs is 1. The van der Waals surface area contributed by atoms with Crippen LogP contribution in [0, 0.1) is 0 Å². The Balaban J connectivity index is 2.01. The summed E-state index contributed by atoms with van der Waals surface area (Å²) in [6.45, 7) is 0.714. The molecule has 0 saturated carbocycles. The smallest absolute Gasteiger partial charge is 0.313 e. The van der Waals surface area contributed by atoms with Gasteiger partial charge in [-0.3, -0.25) is 4.79 Å². The van der Waals surface area contributed by atoms with Crippen LogP contribution in [0.4, 0.5) is 0 Å². The maximum Gasteiger partial charge on any atom is 0.313 e. The normalized spacial score (nSPS) is 11.0. The maximum atomic E-state index is 10.8. The number of carboxylic acid groups (broad SMARTS) is 1. The van der Waals surface area contributed by atoms with Gasteiger partial charge in [0, 0.05) is 0 Å². The van der Waals surface area contributed by atoms with Crippen molar-refractivity contribution in [1.82, 2.24) is 9.55 Å². The van der Waals surface area contributed by atoms with Gasteiger partial charge >= 0.3 is 5.97 Å². The lowest BCUT2D eigenvalue weighted by atomic mass is 10.3. The predicted molar refractivity (Wildman–Crippen MR) is 81.5 cm³/mol. The Morgan fingerprint density at radius 3 is 2.95 bits per heavy atom. The Morgan fingerprint density at radius 1 is 1.35 bits per heavy atom. The van der Waals surface area contributed by atoms with E-state index >= 15 is 0 Å². The first-order chi connectivity index (χ1) is 9.74. The van der Waals surface area contributed by atoms with E-state index in [-0.39, 0.29) is 5.75 Å². The predicted octanol–water partition coefficient (Wildman–Crippen LogP) is 3.32. The Kier molecular flexibility index (Phi) is 3.75. The van der Waals surface area contributed by atoms with E-state index in [0.29, 0.717) is 6.54 Å². The molecule has 6 heteroatoms. The second-order valence-corrected chi connectivity index (χ2v) is 6.01. The second-order valence-electron chi connectivity index (χ2n) is 4.28. The molecule has 0 fully saturated rings. The van der Waals surface area contributed by atoms with Crippen molar-refractivity contribution >= 4 is 40.1 Å². The van der Waals surface area contributed by atoms with Gasteiger partial charge in [-0.15, -0.1) is 0 Å². The highest BCUT2D eigenvalue weighted by molar-refractivity contribution is 7.99. The van der Waals surface area contributed by atoms with Gasteiger partial charge in [-0.1, -0.05) is 23.9 Å². The van der Waals surface area contributed by atoms with Crippen molar-refractivity contribution in [3.8, 4) is 0 Å². The number of rotatable bonds is 5. The first-order valence-electron chi connectivity index (χ1n) is 6.05. The largest absolute Gasteiger partial charge is 0.481 e. The zero-order valence-corrected chi connectivity index (χ0v) is 12.2. The number of carbonyl (C=O) groups is 1. The number of imidazole rings is 1. The van der Waals surface area contributed by atoms with Gasteiger partial charge in [0.25, 0.3) is 0 Å². The van der Waals surface area contributed by atoms with Gasteiger partial charge in [0.15, 0.2) is 5.16 Å². The molecule has 102 valence electrons. The lowest BCUT2D eigenvalue weighted by molar-refractivity contribution is -0.133. The fourth-order valence-corrected chi connectivity index (χ4v) is 3.40. The summed E-state index contributed by atoms with van der Waals surface area (Å²) < 4.78 is 2.07. The number of hydrogen-bond acceptors (Lipinski definition) is 4. The van der Waals surface area contributed by atoms with Gasteiger partial charge in [-0.25, -0.2) is 4.98 Å². The minimum absolute atomic E-state index is 0.0208. The van der Waals surface area contributed by atoms with E-state index in [2.05, 4.69) is 21.0 Å². The number of aliphatic carboxylic acids is 1. The molecule has 2 aromatic heterocycles. The molecule has 1 N–H and O–H groups in total. The van der Waals surface area contributed by atoms with Gasteiger partial charge in [-0.2, -0.15) is 11.3 Å². The first-order valence-corrected chi connectivity index (χ1v) is 7.98. The van der Waals surface area contributed by atoms with Crippen LogP contribution in [-0.2, 0) is 11.3 Å². The van der Waals surface area contributed by atoms with Crippen LogP contribution in [0.1, 0.15) is 5.56 Å². The van der Waals surface area contributed by atoms with Gasteiger partial charge in [-0.05, 0) is 34.5 Å². The van der Waals surface area contributed by atoms with Crippen LogP contribution < -0.4 is 0 Å². The number of thiophene rings is 1. The van der Waals surface area contributed by atoms with E-state index in [0.717, 1.165) is 16.2 Å². The molecular weight excluding hydrogens is 292 g/mol. The quantitative estimate of drug-likeness (QED) is 0.735. The van der Waals surface area contributed by atoms with Crippen LogP contribution in [0.25, 0.3) is 11.0 Å². The molecule has 4 nitrogen and oxygen atoms in total. The molecule has 0 aliphatic heterocycles. The Bertz CT molecular complexity index is 735. The van der Waals surface area contributed by atoms with Gasteiger partial charge in [0.1, 0.15) is 0 Å². The van der Waals surface area contributed by atoms with Crippen molar-refractivity contribution in [2.45, 2.75) is 11.7 Å². The van der Waals surface area contributed by atoms with E-state index in [9.17, 15) is 4.79 Å². The standard InChI is InChI=1S/C14H12N2O2S2/c17-13(18)9-20-14-15-11-3-1-2-4-12(11)16(14)7-10-5-6-19-8-10/h1-6,8H,7,9H2,(H,17,18). The zero-order valence-electron chi connectivity index (χ0n) is 10.5. The molecule has 0 atom stereocenters. The molecular formula is C14H12N2O2S2. The number of para-hydroxylation sites is 2. The average Bonchev–Trinajstić information content (AvgIpc) is 3.05. The number of carboxylic acids is 1. The number of aromatic nitrogens is 2. The summed E-state index contributed by atoms with van der Waals surface area (Å²) in [4.78, 5) is 15.3. The lowest BCUT2D eigenvalue weighted by Crippen LogP contribution is -2.03. The summed E-state index contributed by atoms with van der Waals surface area (Å²) in [5.74, 6) is -0.809. The van der Waals surface area contributed by atoms with E-state index in [1.807, 2.05) is 29.6 Å². The monoisotopic (exact) mass is 304 g/mol. The molecule has 0 aliphatic carbocycles. The van der Waals surface area contributed by atoms with Crippen molar-refractivity contribution in [3.05, 3.63) is 46.7 Å². The summed E-state index contributed by atoms with van der Waals surface area (Å²) >= 11 is 2.91. The molecule has 3 rings (SSSR count). The maximum absolute atomic E-state index is 10.8. The first kappa shape index (κ1) is 13.2. The van der Waals surface area contributed by atoms with Crippen molar-refractivity contribution < 1.29 is 9.90 Å². The lowest BCUT2D eigenvalue weighted by Gasteiger charge is -2.06. The van der Waals surface area contributed by atoms with E-state index < -0.39 is 5.97 Å². The highest BCUT2D eigenvalue weighted by atomic mass is 32.2. The third-order valence-corrected chi connectivity index (χ3v) is 4.56. The number of nitrogens with zero attached hydrogens (tertiary/aromatic N) is 2. The third-order valence-electron chi connectivity index (χ3n) is 2.87. The van der Waals surface area contributed by atoms with Crippen LogP contribution >= 0.6 is 23.1 Å². The molecule has 2 heterocycles. The average molecular weight is 304 g/mol. The second kappa shape index (κ2) is 5.68. The number of hydrogen-bond donors (Lipinski definition) is 1. The minimum Gasteiger partial charge on any atom is -0.481 e. The van der Waals surface area contributed by atoms with Gasteiger partial charge in [0.05, 0.1) is 23.3 Å². The SMILES string of the molecule is O=C(O)CSc1nc2ccccc2n1Cc1ccsc1. The zero-order chi connectivity index (χ0) is 13.9. The Morgan fingerprint density at radius 2 is 2.20 bits per heavy atom. The van der Waals surface area contributed by atoms with Crippen molar-refractivity contribution in [1.29, 1.82) is 0 Å². The number of benzene rings is 1. The molecule has 0 unspecified atom stereocenters. The summed E-state index contributed by atoms with van der Waals surface area (Å²) in [6, 6.07) is 9.95. The van der Waals surface area contributed by atoms with Crippen molar-refractivity contribution in [2.75, 3.05) is 5.75 Å². The van der Waals surface area contributed by atoms with E-state index in [4.69, 9.17) is 5.11 Å². The highest BCUT2D eigenvalue weighted by Crippen LogP contribution is 2.25. The molecule has 0 spiro atoms. The molecule has 0 bridgehead atoms. The Labute approximate surface area is 124 Å². The minimum atomic E-state index is -0.830. The van der Waals surface area contributed by atoms with E-state index in [1.165, 1.54) is 17.3 Å². The third kappa shape index (κ3) is 2.71. The summed E-state index contributed by atoms with van der Waals surface area (Å²) in [7, 11) is 0. The van der Waals surface area contributed by atoms with Crippen LogP contribution in [-0.4, -0.2) is 26.4 Å². The summed E-state index contributed by atoms with van der Waals surface area (Å²) in [5.41, 5.74) is 3.14. The van der Waals surface area contributed by atoms with Crippen LogP contribution in [0.15, 0.2) is 46.2 Å². The van der Waals surface area contributed by atoms with Crippen LogP contribution in [0.3, 0.4) is 0 Å². The van der Waals surface area contributed by atoms with Crippen LogP contribution in [0.2, 0.25) is 0 Å². The van der Waals surface area contributed by atoms with Gasteiger partial charge in [0.2, 0.25) is 0 Å². The van der Waals surface area contributed by atoms with Crippen molar-refractivity contribution in [2.24, 2.45) is 0 Å². The van der Waals surface area contributed by atoms with E-state index in [1.54, 1.807) is 11.3 Å². The molecule has 0 aliphatic rings. The molecule has 0 amide bonds. The topological polar surface area (TPSA) is 55.1 Å². The number of thioether (sulfide) groups is 1. The molecule has 3 aromatic rings. The van der Waals surface area contributed by atoms with Crippen molar-refractivity contribution in [3.63, 3.8) is 0 Å². The molecule has 1 aromatic carbocycles. The summed E-state index contributed by atoms with van der Waals surface area (Å²) in [6.07, 6.45) is 0. The molecule has 20 heavy (non-hydrogen) atoms. The summed E-state index contributed by atoms with van der Waals surface area (Å²) in [5, 5.41) is 13.7. The Hall–Kier alpha value is -1.79. The molecule has 0 radical (unpaired) electrons. The molecule has 0 saturated heterocycles. The highest BCUT2D eigenvalue weighted by Gasteiger charge is 2.12. The van der Waals surface area contributed by atoms with Crippen LogP contribution in [0.5, 0.6) is 0 Å². The van der Waals surface area contributed by atoms with Gasteiger partial charge < -0.3 is 9.67 Å².